The van der Waals surface area contributed by atoms with Crippen LogP contribution >= 0.6 is 0 Å². The van der Waals surface area contributed by atoms with Crippen molar-refractivity contribution in [3.63, 3.8) is 0 Å². The van der Waals surface area contributed by atoms with Crippen molar-refractivity contribution in [2.75, 3.05) is 18.5 Å². The Balaban J connectivity index is 1.54. The Labute approximate surface area is 160 Å². The summed E-state index contributed by atoms with van der Waals surface area (Å²) >= 11 is 0. The molecule has 0 aliphatic rings. The molecular formula is C23H25NO3. The summed E-state index contributed by atoms with van der Waals surface area (Å²) in [6.07, 6.45) is 3.36. The van der Waals surface area contributed by atoms with Crippen molar-refractivity contribution in [3.8, 4) is 11.5 Å². The summed E-state index contributed by atoms with van der Waals surface area (Å²) < 4.78 is 11.3. The third-order valence-corrected chi connectivity index (χ3v) is 4.26. The molecule has 3 aromatic rings. The van der Waals surface area contributed by atoms with Crippen molar-refractivity contribution in [1.29, 1.82) is 0 Å². The maximum Gasteiger partial charge on any atom is 0.262 e. The van der Waals surface area contributed by atoms with Gasteiger partial charge in [-0.15, -0.1) is 0 Å². The fourth-order valence-corrected chi connectivity index (χ4v) is 2.87. The van der Waals surface area contributed by atoms with E-state index in [1.807, 2.05) is 66.7 Å². The Bertz CT molecular complexity index is 886. The molecule has 0 saturated heterocycles. The zero-order chi connectivity index (χ0) is 18.9. The first-order valence-corrected chi connectivity index (χ1v) is 9.39. The summed E-state index contributed by atoms with van der Waals surface area (Å²) in [5.41, 5.74) is 0.787. The fourth-order valence-electron chi connectivity index (χ4n) is 2.87. The highest BCUT2D eigenvalue weighted by Crippen LogP contribution is 2.23. The van der Waals surface area contributed by atoms with Crippen LogP contribution in [0.3, 0.4) is 0 Å². The van der Waals surface area contributed by atoms with E-state index >= 15 is 0 Å². The van der Waals surface area contributed by atoms with Gasteiger partial charge in [-0.1, -0.05) is 62.2 Å². The van der Waals surface area contributed by atoms with Gasteiger partial charge >= 0.3 is 0 Å². The Morgan fingerprint density at radius 2 is 1.63 bits per heavy atom. The van der Waals surface area contributed by atoms with Crippen LogP contribution in [0.2, 0.25) is 0 Å². The molecule has 3 aromatic carbocycles. The van der Waals surface area contributed by atoms with Crippen LogP contribution in [0.4, 0.5) is 5.69 Å². The number of carbonyl (C=O) groups excluding carboxylic acids is 1. The molecule has 1 amide bonds. The molecule has 140 valence electrons. The lowest BCUT2D eigenvalue weighted by atomic mass is 10.1. The van der Waals surface area contributed by atoms with Gasteiger partial charge in [0.2, 0.25) is 0 Å². The standard InChI is InChI=1S/C23H25NO3/c1-2-3-6-15-26-19-11-8-12-20(16-19)27-17-23(25)24-22-14-7-10-18-9-4-5-13-21(18)22/h4-5,7-14,16H,2-3,6,15,17H2,1H3,(H,24,25). The van der Waals surface area contributed by atoms with Crippen LogP contribution in [0.1, 0.15) is 26.2 Å². The predicted octanol–water partition coefficient (Wildman–Crippen LogP) is 5.43. The predicted molar refractivity (Wildman–Crippen MR) is 110 cm³/mol. The highest BCUT2D eigenvalue weighted by Gasteiger charge is 2.07. The Morgan fingerprint density at radius 1 is 0.889 bits per heavy atom. The second kappa shape index (κ2) is 9.62. The van der Waals surface area contributed by atoms with Gasteiger partial charge in [0.25, 0.3) is 5.91 Å². The van der Waals surface area contributed by atoms with Crippen LogP contribution in [0.5, 0.6) is 11.5 Å². The topological polar surface area (TPSA) is 47.6 Å². The Hall–Kier alpha value is -3.01. The number of unbranched alkanes of at least 4 members (excludes halogenated alkanes) is 2. The Morgan fingerprint density at radius 3 is 2.48 bits per heavy atom. The molecule has 27 heavy (non-hydrogen) atoms. The average molecular weight is 363 g/mol. The van der Waals surface area contributed by atoms with Gasteiger partial charge in [-0.3, -0.25) is 4.79 Å². The minimum Gasteiger partial charge on any atom is -0.493 e. The average Bonchev–Trinajstić information content (AvgIpc) is 2.70. The minimum absolute atomic E-state index is 0.0531. The second-order valence-electron chi connectivity index (χ2n) is 6.39. The summed E-state index contributed by atoms with van der Waals surface area (Å²) in [5, 5.41) is 5.02. The molecule has 0 bridgehead atoms. The third kappa shape index (κ3) is 5.48. The number of benzene rings is 3. The Kier molecular flexibility index (Phi) is 6.69. The number of ether oxygens (including phenoxy) is 2. The SMILES string of the molecule is CCCCCOc1cccc(OCC(=O)Nc2cccc3ccccc23)c1. The number of carbonyl (C=O) groups is 1. The van der Waals surface area contributed by atoms with Crippen molar-refractivity contribution in [2.24, 2.45) is 0 Å². The normalized spacial score (nSPS) is 10.6. The van der Waals surface area contributed by atoms with Gasteiger partial charge in [0, 0.05) is 17.1 Å². The first-order valence-electron chi connectivity index (χ1n) is 9.39. The van der Waals surface area contributed by atoms with E-state index in [2.05, 4.69) is 12.2 Å². The number of anilines is 1. The molecule has 0 aromatic heterocycles. The van der Waals surface area contributed by atoms with Gasteiger partial charge < -0.3 is 14.8 Å². The summed E-state index contributed by atoms with van der Waals surface area (Å²) in [6, 6.07) is 21.2. The van der Waals surface area contributed by atoms with Gasteiger partial charge in [0.1, 0.15) is 11.5 Å². The maximum atomic E-state index is 12.3. The van der Waals surface area contributed by atoms with Gasteiger partial charge in [0.05, 0.1) is 6.61 Å². The molecule has 0 fully saturated rings. The van der Waals surface area contributed by atoms with E-state index < -0.39 is 0 Å². The van der Waals surface area contributed by atoms with E-state index in [9.17, 15) is 4.79 Å². The molecule has 1 N–H and O–H groups in total. The van der Waals surface area contributed by atoms with Crippen LogP contribution in [-0.4, -0.2) is 19.1 Å². The number of amides is 1. The zero-order valence-electron chi connectivity index (χ0n) is 15.6. The van der Waals surface area contributed by atoms with Crippen LogP contribution in [0.15, 0.2) is 66.7 Å². The quantitative estimate of drug-likeness (QED) is 0.516. The summed E-state index contributed by atoms with van der Waals surface area (Å²) in [6.45, 7) is 2.80. The third-order valence-electron chi connectivity index (χ3n) is 4.26. The maximum absolute atomic E-state index is 12.3. The van der Waals surface area contributed by atoms with Crippen molar-refractivity contribution in [3.05, 3.63) is 66.7 Å². The van der Waals surface area contributed by atoms with Crippen molar-refractivity contribution in [2.45, 2.75) is 26.2 Å². The first kappa shape index (κ1) is 18.8. The van der Waals surface area contributed by atoms with Crippen LogP contribution in [0.25, 0.3) is 10.8 Å². The van der Waals surface area contributed by atoms with Gasteiger partial charge in [0.15, 0.2) is 6.61 Å². The molecule has 0 unspecified atom stereocenters. The summed E-state index contributed by atoms with van der Waals surface area (Å²) in [4.78, 5) is 12.3. The second-order valence-corrected chi connectivity index (χ2v) is 6.39. The van der Waals surface area contributed by atoms with E-state index in [1.165, 1.54) is 6.42 Å². The molecular weight excluding hydrogens is 338 g/mol. The molecule has 0 atom stereocenters. The molecule has 4 heteroatoms. The number of rotatable bonds is 9. The lowest BCUT2D eigenvalue weighted by molar-refractivity contribution is -0.118. The molecule has 0 radical (unpaired) electrons. The molecule has 0 aliphatic heterocycles. The lowest BCUT2D eigenvalue weighted by Crippen LogP contribution is -2.20. The summed E-state index contributed by atoms with van der Waals surface area (Å²) in [7, 11) is 0. The summed E-state index contributed by atoms with van der Waals surface area (Å²) in [5.74, 6) is 1.19. The number of hydrogen-bond acceptors (Lipinski definition) is 3. The molecule has 3 rings (SSSR count). The van der Waals surface area contributed by atoms with E-state index in [4.69, 9.17) is 9.47 Å². The van der Waals surface area contributed by atoms with Crippen molar-refractivity contribution >= 4 is 22.4 Å². The number of fused-ring (bicyclic) bond motifs is 1. The van der Waals surface area contributed by atoms with Crippen LogP contribution < -0.4 is 14.8 Å². The lowest BCUT2D eigenvalue weighted by Gasteiger charge is -2.11. The van der Waals surface area contributed by atoms with Crippen LogP contribution in [0, 0.1) is 0 Å². The molecule has 0 spiro atoms. The highest BCUT2D eigenvalue weighted by molar-refractivity contribution is 6.02. The first-order chi connectivity index (χ1) is 13.3. The zero-order valence-corrected chi connectivity index (χ0v) is 15.6. The molecule has 0 heterocycles. The smallest absolute Gasteiger partial charge is 0.262 e. The van der Waals surface area contributed by atoms with E-state index in [1.54, 1.807) is 0 Å². The largest absolute Gasteiger partial charge is 0.493 e. The van der Waals surface area contributed by atoms with Crippen LogP contribution in [-0.2, 0) is 4.79 Å². The molecule has 0 aliphatic carbocycles. The van der Waals surface area contributed by atoms with Gasteiger partial charge in [-0.25, -0.2) is 0 Å². The number of hydrogen-bond donors (Lipinski definition) is 1. The minimum atomic E-state index is -0.194. The monoisotopic (exact) mass is 363 g/mol. The van der Waals surface area contributed by atoms with E-state index in [0.29, 0.717) is 12.4 Å². The van der Waals surface area contributed by atoms with E-state index in [0.717, 1.165) is 35.1 Å². The van der Waals surface area contributed by atoms with Gasteiger partial charge in [-0.2, -0.15) is 0 Å². The molecule has 4 nitrogen and oxygen atoms in total. The van der Waals surface area contributed by atoms with Crippen molar-refractivity contribution in [1.82, 2.24) is 0 Å². The highest BCUT2D eigenvalue weighted by atomic mass is 16.5. The van der Waals surface area contributed by atoms with Gasteiger partial charge in [-0.05, 0) is 30.0 Å². The van der Waals surface area contributed by atoms with E-state index in [-0.39, 0.29) is 12.5 Å². The van der Waals surface area contributed by atoms with Crippen molar-refractivity contribution < 1.29 is 14.3 Å². The fraction of sp³-hybridized carbons (Fsp3) is 0.261. The molecule has 0 saturated carbocycles. The number of nitrogens with one attached hydrogen (secondary N) is 1.